The van der Waals surface area contributed by atoms with Crippen LogP contribution in [0.25, 0.3) is 0 Å². The van der Waals surface area contributed by atoms with Crippen LogP contribution in [0.3, 0.4) is 0 Å². The number of nitrogens with two attached hydrogens (primary N) is 1. The molecule has 0 aromatic heterocycles. The van der Waals surface area contributed by atoms with Crippen molar-refractivity contribution in [2.75, 3.05) is 44.6 Å². The van der Waals surface area contributed by atoms with Gasteiger partial charge in [0.2, 0.25) is 0 Å². The number of carbonyl (C=O) groups is 1. The second-order valence-corrected chi connectivity index (χ2v) is 6.93. The molecule has 1 amide bonds. The monoisotopic (exact) mass is 355 g/mol. The second-order valence-electron chi connectivity index (χ2n) is 6.93. The van der Waals surface area contributed by atoms with Crippen LogP contribution in [0.2, 0.25) is 0 Å². The number of hydrogen-bond acceptors (Lipinski definition) is 5. The minimum atomic E-state index is -0.216. The first-order valence-corrected chi connectivity index (χ1v) is 9.16. The number of amides is 1. The number of nitrogens with zero attached hydrogens (tertiary/aromatic N) is 3. The first-order valence-electron chi connectivity index (χ1n) is 9.16. The molecule has 0 radical (unpaired) electrons. The van der Waals surface area contributed by atoms with Gasteiger partial charge in [0.1, 0.15) is 11.6 Å². The van der Waals surface area contributed by atoms with Gasteiger partial charge in [0.15, 0.2) is 0 Å². The molecule has 3 N–H and O–H groups in total. The van der Waals surface area contributed by atoms with Gasteiger partial charge in [-0.25, -0.2) is 0 Å². The number of aryl methyl sites for hydroxylation is 1. The third-order valence-corrected chi connectivity index (χ3v) is 4.74. The lowest BCUT2D eigenvalue weighted by Crippen LogP contribution is -2.50. The normalized spacial score (nSPS) is 15.8. The molecule has 1 fully saturated rings. The Labute approximate surface area is 156 Å². The fourth-order valence-electron chi connectivity index (χ4n) is 3.18. The molecule has 1 aromatic rings. The van der Waals surface area contributed by atoms with E-state index in [1.807, 2.05) is 25.1 Å². The van der Waals surface area contributed by atoms with E-state index in [0.717, 1.165) is 30.9 Å². The summed E-state index contributed by atoms with van der Waals surface area (Å²) in [5.41, 5.74) is 8.94. The highest BCUT2D eigenvalue weighted by Gasteiger charge is 2.23. The summed E-state index contributed by atoms with van der Waals surface area (Å²) in [5, 5.41) is 12.7. The topological polar surface area (TPSA) is 85.4 Å². The Morgan fingerprint density at radius 3 is 2.62 bits per heavy atom. The van der Waals surface area contributed by atoms with Crippen molar-refractivity contribution in [3.63, 3.8) is 0 Å². The zero-order valence-corrected chi connectivity index (χ0v) is 16.0. The Balaban J connectivity index is 2.10. The lowest BCUT2D eigenvalue weighted by molar-refractivity contribution is -0.128. The number of hydrogen-bond donors (Lipinski definition) is 2. The van der Waals surface area contributed by atoms with Gasteiger partial charge in [-0.2, -0.15) is 5.26 Å². The summed E-state index contributed by atoms with van der Waals surface area (Å²) in [4.78, 5) is 16.6. The van der Waals surface area contributed by atoms with Gasteiger partial charge < -0.3 is 16.0 Å². The lowest BCUT2D eigenvalue weighted by Gasteiger charge is -2.34. The van der Waals surface area contributed by atoms with E-state index in [0.29, 0.717) is 25.6 Å². The Kier molecular flexibility index (Phi) is 7.19. The molecule has 0 aliphatic carbocycles. The Hall–Kier alpha value is -2.36. The third-order valence-electron chi connectivity index (χ3n) is 4.74. The number of rotatable bonds is 6. The predicted molar refractivity (Wildman–Crippen MR) is 105 cm³/mol. The van der Waals surface area contributed by atoms with Crippen LogP contribution in [-0.4, -0.2) is 55.0 Å². The summed E-state index contributed by atoms with van der Waals surface area (Å²) in [6.45, 7) is 10.6. The van der Waals surface area contributed by atoms with Gasteiger partial charge in [0.05, 0.1) is 0 Å². The summed E-state index contributed by atoms with van der Waals surface area (Å²) in [7, 11) is 0. The van der Waals surface area contributed by atoms with Gasteiger partial charge >= 0.3 is 0 Å². The molecule has 0 saturated carbocycles. The fourth-order valence-corrected chi connectivity index (χ4v) is 3.18. The lowest BCUT2D eigenvalue weighted by atomic mass is 9.98. The number of nitrogens with one attached hydrogen (secondary N) is 1. The SMILES string of the molecule is Cc1cccc(C(C)C)c1N/C=C(/C#N)C(=O)N1CCN(CCN)CC1. The number of benzene rings is 1. The maximum atomic E-state index is 12.7. The van der Waals surface area contributed by atoms with Crippen LogP contribution in [0.5, 0.6) is 0 Å². The van der Waals surface area contributed by atoms with Crippen molar-refractivity contribution in [2.24, 2.45) is 5.73 Å². The van der Waals surface area contributed by atoms with Gasteiger partial charge in [0.25, 0.3) is 5.91 Å². The van der Waals surface area contributed by atoms with Crippen LogP contribution in [0, 0.1) is 18.3 Å². The minimum Gasteiger partial charge on any atom is -0.360 e. The number of para-hydroxylation sites is 1. The molecule has 2 rings (SSSR count). The van der Waals surface area contributed by atoms with Gasteiger partial charge in [-0.15, -0.1) is 0 Å². The van der Waals surface area contributed by atoms with E-state index in [1.54, 1.807) is 11.1 Å². The highest BCUT2D eigenvalue weighted by Crippen LogP contribution is 2.27. The molecule has 6 heteroatoms. The van der Waals surface area contributed by atoms with E-state index in [9.17, 15) is 10.1 Å². The number of piperazine rings is 1. The van der Waals surface area contributed by atoms with E-state index in [-0.39, 0.29) is 11.5 Å². The molecule has 1 saturated heterocycles. The number of anilines is 1. The number of carbonyl (C=O) groups excluding carboxylic acids is 1. The first kappa shape index (κ1) is 20.0. The molecule has 6 nitrogen and oxygen atoms in total. The van der Waals surface area contributed by atoms with Gasteiger partial charge in [-0.05, 0) is 24.0 Å². The molecule has 1 heterocycles. The molecule has 1 aromatic carbocycles. The van der Waals surface area contributed by atoms with Crippen LogP contribution in [0.15, 0.2) is 30.0 Å². The Morgan fingerprint density at radius 1 is 1.35 bits per heavy atom. The maximum Gasteiger partial charge on any atom is 0.266 e. The van der Waals surface area contributed by atoms with Crippen molar-refractivity contribution in [1.29, 1.82) is 5.26 Å². The summed E-state index contributed by atoms with van der Waals surface area (Å²) in [6, 6.07) is 8.16. The molecule has 0 bridgehead atoms. The summed E-state index contributed by atoms with van der Waals surface area (Å²) >= 11 is 0. The molecule has 0 spiro atoms. The molecule has 0 atom stereocenters. The summed E-state index contributed by atoms with van der Waals surface area (Å²) in [6.07, 6.45) is 1.54. The van der Waals surface area contributed by atoms with Crippen molar-refractivity contribution >= 4 is 11.6 Å². The molecule has 140 valence electrons. The van der Waals surface area contributed by atoms with E-state index in [4.69, 9.17) is 5.73 Å². The molecule has 26 heavy (non-hydrogen) atoms. The van der Waals surface area contributed by atoms with Crippen molar-refractivity contribution in [3.8, 4) is 6.07 Å². The molecular formula is C20H29N5O. The van der Waals surface area contributed by atoms with Crippen molar-refractivity contribution in [3.05, 3.63) is 41.1 Å². The Bertz CT molecular complexity index is 697. The summed E-state index contributed by atoms with van der Waals surface area (Å²) in [5.74, 6) is 0.134. The Morgan fingerprint density at radius 2 is 2.04 bits per heavy atom. The average Bonchev–Trinajstić information content (AvgIpc) is 2.63. The van der Waals surface area contributed by atoms with Crippen LogP contribution < -0.4 is 11.1 Å². The molecular weight excluding hydrogens is 326 g/mol. The van der Waals surface area contributed by atoms with Crippen LogP contribution in [0.1, 0.15) is 30.9 Å². The highest BCUT2D eigenvalue weighted by molar-refractivity contribution is 5.97. The predicted octanol–water partition coefficient (Wildman–Crippen LogP) is 2.04. The van der Waals surface area contributed by atoms with Crippen molar-refractivity contribution < 1.29 is 4.79 Å². The highest BCUT2D eigenvalue weighted by atomic mass is 16.2. The minimum absolute atomic E-state index is 0.134. The molecule has 1 aliphatic heterocycles. The second kappa shape index (κ2) is 9.37. The molecule has 0 unspecified atom stereocenters. The smallest absolute Gasteiger partial charge is 0.266 e. The van der Waals surface area contributed by atoms with E-state index >= 15 is 0 Å². The standard InChI is InChI=1S/C20H29N5O/c1-15(2)18-6-4-5-16(3)19(18)23-14-17(13-22)20(26)25-11-9-24(8-7-21)10-12-25/h4-6,14-15,23H,7-12,21H2,1-3H3/b17-14-. The largest absolute Gasteiger partial charge is 0.360 e. The van der Waals surface area contributed by atoms with Gasteiger partial charge in [-0.1, -0.05) is 32.0 Å². The van der Waals surface area contributed by atoms with E-state index < -0.39 is 0 Å². The third kappa shape index (κ3) is 4.84. The van der Waals surface area contributed by atoms with Gasteiger partial charge in [0, 0.05) is 51.2 Å². The van der Waals surface area contributed by atoms with Crippen LogP contribution in [0.4, 0.5) is 5.69 Å². The number of nitriles is 1. The van der Waals surface area contributed by atoms with Crippen molar-refractivity contribution in [1.82, 2.24) is 9.80 Å². The molecule has 1 aliphatic rings. The van der Waals surface area contributed by atoms with Crippen LogP contribution >= 0.6 is 0 Å². The maximum absolute atomic E-state index is 12.7. The first-order chi connectivity index (χ1) is 12.5. The van der Waals surface area contributed by atoms with Crippen molar-refractivity contribution in [2.45, 2.75) is 26.7 Å². The zero-order valence-electron chi connectivity index (χ0n) is 16.0. The fraction of sp³-hybridized carbons (Fsp3) is 0.500. The van der Waals surface area contributed by atoms with E-state index in [2.05, 4.69) is 30.1 Å². The van der Waals surface area contributed by atoms with E-state index in [1.165, 1.54) is 5.56 Å². The average molecular weight is 355 g/mol. The quantitative estimate of drug-likeness (QED) is 0.602. The van der Waals surface area contributed by atoms with Gasteiger partial charge in [-0.3, -0.25) is 9.69 Å². The van der Waals surface area contributed by atoms with Crippen LogP contribution in [-0.2, 0) is 4.79 Å². The zero-order chi connectivity index (χ0) is 19.1. The summed E-state index contributed by atoms with van der Waals surface area (Å²) < 4.78 is 0.